The van der Waals surface area contributed by atoms with Crippen LogP contribution < -0.4 is 0 Å². The van der Waals surface area contributed by atoms with Crippen LogP contribution in [0.25, 0.3) is 0 Å². The van der Waals surface area contributed by atoms with Gasteiger partial charge in [-0.1, -0.05) is 0 Å². The Labute approximate surface area is 54.0 Å². The Hall–Kier alpha value is -0.700. The topological polar surface area (TPSA) is 43.4 Å². The number of aldehydes is 1. The van der Waals surface area contributed by atoms with Crippen molar-refractivity contribution in [2.24, 2.45) is 0 Å². The molecule has 0 fully saturated rings. The first kappa shape index (κ1) is 8.30. The Balaban J connectivity index is 3.37. The number of carbonyl (C=O) groups excluding carboxylic acids is 2. The molecule has 0 aliphatic rings. The highest BCUT2D eigenvalue weighted by molar-refractivity contribution is 5.80. The Morgan fingerprint density at radius 1 is 1.78 bits per heavy atom. The largest absolute Gasteiger partial charge is 0.363 e. The van der Waals surface area contributed by atoms with E-state index in [0.717, 1.165) is 0 Å². The minimum absolute atomic E-state index is 0.000741. The molecule has 0 radical (unpaired) electrons. The highest BCUT2D eigenvalue weighted by atomic mass is 16.5. The second-order valence-corrected chi connectivity index (χ2v) is 1.75. The quantitative estimate of drug-likeness (QED) is 0.510. The third kappa shape index (κ3) is 3.85. The summed E-state index contributed by atoms with van der Waals surface area (Å²) in [6.45, 7) is 3.04. The number of hydrogen-bond donors (Lipinski definition) is 0. The standard InChI is InChI=1S/C6H10O3/c1-5(8)6(2)9-4-3-7/h3,6H,4H2,1-2H3. The maximum absolute atomic E-state index is 10.4. The molecule has 1 atom stereocenters. The van der Waals surface area contributed by atoms with Crippen molar-refractivity contribution in [1.29, 1.82) is 0 Å². The molecule has 0 aromatic carbocycles. The van der Waals surface area contributed by atoms with Crippen molar-refractivity contribution in [3.63, 3.8) is 0 Å². The van der Waals surface area contributed by atoms with E-state index >= 15 is 0 Å². The highest BCUT2D eigenvalue weighted by Crippen LogP contribution is 1.89. The summed E-state index contributed by atoms with van der Waals surface area (Å²) in [5.41, 5.74) is 0. The van der Waals surface area contributed by atoms with Crippen LogP contribution in [-0.4, -0.2) is 24.8 Å². The number of rotatable bonds is 4. The minimum atomic E-state index is -0.449. The molecule has 3 heteroatoms. The molecule has 0 saturated carbocycles. The first-order valence-corrected chi connectivity index (χ1v) is 2.74. The van der Waals surface area contributed by atoms with Crippen molar-refractivity contribution in [3.05, 3.63) is 0 Å². The van der Waals surface area contributed by atoms with Crippen molar-refractivity contribution in [1.82, 2.24) is 0 Å². The Morgan fingerprint density at radius 3 is 2.67 bits per heavy atom. The van der Waals surface area contributed by atoms with Gasteiger partial charge in [-0.25, -0.2) is 0 Å². The maximum Gasteiger partial charge on any atom is 0.158 e. The summed E-state index contributed by atoms with van der Waals surface area (Å²) >= 11 is 0. The fraction of sp³-hybridized carbons (Fsp3) is 0.667. The summed E-state index contributed by atoms with van der Waals surface area (Å²) < 4.78 is 4.73. The number of ether oxygens (including phenoxy) is 1. The predicted octanol–water partition coefficient (Wildman–Crippen LogP) is 0.179. The minimum Gasteiger partial charge on any atom is -0.363 e. The van der Waals surface area contributed by atoms with Crippen LogP contribution in [0.2, 0.25) is 0 Å². The average Bonchev–Trinajstić information content (AvgIpc) is 1.82. The first-order valence-electron chi connectivity index (χ1n) is 2.74. The van der Waals surface area contributed by atoms with Crippen LogP contribution >= 0.6 is 0 Å². The van der Waals surface area contributed by atoms with Gasteiger partial charge in [0.25, 0.3) is 0 Å². The zero-order valence-electron chi connectivity index (χ0n) is 5.59. The zero-order chi connectivity index (χ0) is 7.28. The Morgan fingerprint density at radius 2 is 2.33 bits per heavy atom. The lowest BCUT2D eigenvalue weighted by Gasteiger charge is -2.04. The summed E-state index contributed by atoms with van der Waals surface area (Å²) in [5.74, 6) is -0.0585. The van der Waals surface area contributed by atoms with Crippen molar-refractivity contribution in [2.75, 3.05) is 6.61 Å². The molecule has 0 bridgehead atoms. The van der Waals surface area contributed by atoms with Gasteiger partial charge in [-0.05, 0) is 13.8 Å². The lowest BCUT2D eigenvalue weighted by Crippen LogP contribution is -2.18. The van der Waals surface area contributed by atoms with E-state index in [4.69, 9.17) is 4.74 Å². The van der Waals surface area contributed by atoms with Gasteiger partial charge in [0.2, 0.25) is 0 Å². The van der Waals surface area contributed by atoms with Crippen LogP contribution in [0, 0.1) is 0 Å². The second-order valence-electron chi connectivity index (χ2n) is 1.75. The van der Waals surface area contributed by atoms with Gasteiger partial charge < -0.3 is 9.53 Å². The molecule has 52 valence electrons. The maximum atomic E-state index is 10.4. The van der Waals surface area contributed by atoms with Gasteiger partial charge in [-0.15, -0.1) is 0 Å². The summed E-state index contributed by atoms with van der Waals surface area (Å²) in [6, 6.07) is 0. The van der Waals surface area contributed by atoms with Crippen LogP contribution in [0.3, 0.4) is 0 Å². The Kier molecular flexibility index (Phi) is 3.88. The van der Waals surface area contributed by atoms with Crippen molar-refractivity contribution >= 4 is 12.1 Å². The molecule has 0 rings (SSSR count). The number of carbonyl (C=O) groups is 2. The van der Waals surface area contributed by atoms with E-state index in [1.165, 1.54) is 6.92 Å². The lowest BCUT2D eigenvalue weighted by molar-refractivity contribution is -0.129. The highest BCUT2D eigenvalue weighted by Gasteiger charge is 2.05. The van der Waals surface area contributed by atoms with Gasteiger partial charge in [0.15, 0.2) is 5.78 Å². The van der Waals surface area contributed by atoms with Crippen molar-refractivity contribution in [3.8, 4) is 0 Å². The number of Topliss-reactive ketones (excluding diaryl/α,β-unsaturated/α-hetero) is 1. The molecule has 0 saturated heterocycles. The van der Waals surface area contributed by atoms with Gasteiger partial charge in [0, 0.05) is 0 Å². The van der Waals surface area contributed by atoms with Gasteiger partial charge in [-0.3, -0.25) is 4.79 Å². The molecule has 0 spiro atoms. The lowest BCUT2D eigenvalue weighted by atomic mass is 10.3. The molecule has 0 aliphatic carbocycles. The van der Waals surface area contributed by atoms with E-state index in [9.17, 15) is 9.59 Å². The molecular formula is C6H10O3. The van der Waals surface area contributed by atoms with Gasteiger partial charge in [0.1, 0.15) is 19.0 Å². The van der Waals surface area contributed by atoms with Crippen LogP contribution in [0.4, 0.5) is 0 Å². The predicted molar refractivity (Wildman–Crippen MR) is 32.2 cm³/mol. The normalized spacial score (nSPS) is 12.7. The SMILES string of the molecule is CC(=O)C(C)OCC=O. The summed E-state index contributed by atoms with van der Waals surface area (Å²) in [5, 5.41) is 0. The molecule has 0 aromatic rings. The Bertz CT molecular complexity index is 109. The molecule has 9 heavy (non-hydrogen) atoms. The van der Waals surface area contributed by atoms with E-state index in [0.29, 0.717) is 6.29 Å². The molecule has 0 aliphatic heterocycles. The first-order chi connectivity index (χ1) is 4.18. The van der Waals surface area contributed by atoms with Gasteiger partial charge >= 0.3 is 0 Å². The molecule has 0 N–H and O–H groups in total. The van der Waals surface area contributed by atoms with E-state index in [1.54, 1.807) is 6.92 Å². The zero-order valence-corrected chi connectivity index (χ0v) is 5.59. The van der Waals surface area contributed by atoms with E-state index < -0.39 is 6.10 Å². The fourth-order valence-electron chi connectivity index (χ4n) is 0.301. The molecule has 1 unspecified atom stereocenters. The summed E-state index contributed by atoms with van der Waals surface area (Å²) in [6.07, 6.45) is 0.176. The van der Waals surface area contributed by atoms with Crippen molar-refractivity contribution in [2.45, 2.75) is 20.0 Å². The van der Waals surface area contributed by atoms with E-state index in [-0.39, 0.29) is 12.4 Å². The molecule has 3 nitrogen and oxygen atoms in total. The second kappa shape index (κ2) is 4.21. The van der Waals surface area contributed by atoms with Crippen LogP contribution in [0.5, 0.6) is 0 Å². The third-order valence-corrected chi connectivity index (χ3v) is 0.987. The number of hydrogen-bond acceptors (Lipinski definition) is 3. The smallest absolute Gasteiger partial charge is 0.158 e. The molecular weight excluding hydrogens is 120 g/mol. The van der Waals surface area contributed by atoms with E-state index in [2.05, 4.69) is 0 Å². The molecule has 0 aromatic heterocycles. The fourth-order valence-corrected chi connectivity index (χ4v) is 0.301. The van der Waals surface area contributed by atoms with Crippen LogP contribution in [0.1, 0.15) is 13.8 Å². The monoisotopic (exact) mass is 130 g/mol. The average molecular weight is 130 g/mol. The molecule has 0 amide bonds. The van der Waals surface area contributed by atoms with Gasteiger partial charge in [0.05, 0.1) is 0 Å². The van der Waals surface area contributed by atoms with Crippen LogP contribution in [-0.2, 0) is 14.3 Å². The molecule has 0 heterocycles. The van der Waals surface area contributed by atoms with Crippen molar-refractivity contribution < 1.29 is 14.3 Å². The summed E-state index contributed by atoms with van der Waals surface area (Å²) in [7, 11) is 0. The van der Waals surface area contributed by atoms with Crippen LogP contribution in [0.15, 0.2) is 0 Å². The summed E-state index contributed by atoms with van der Waals surface area (Å²) in [4.78, 5) is 20.1. The van der Waals surface area contributed by atoms with Gasteiger partial charge in [-0.2, -0.15) is 0 Å². The van der Waals surface area contributed by atoms with E-state index in [1.807, 2.05) is 0 Å². The number of ketones is 1. The third-order valence-electron chi connectivity index (χ3n) is 0.987.